The molecule has 0 aliphatic heterocycles. The Bertz CT molecular complexity index is 647. The number of nitrogens with two attached hydrogens (primary N) is 1. The molecule has 2 rings (SSSR count). The first-order valence-electron chi connectivity index (χ1n) is 5.32. The lowest BCUT2D eigenvalue weighted by Crippen LogP contribution is -2.13. The number of nitrogen functional groups attached to an aromatic ring is 1. The Morgan fingerprint density at radius 3 is 2.63 bits per heavy atom. The third-order valence-corrected chi connectivity index (χ3v) is 3.07. The van der Waals surface area contributed by atoms with Gasteiger partial charge in [0.1, 0.15) is 11.6 Å². The predicted octanol–water partition coefficient (Wildman–Crippen LogP) is 3.13. The summed E-state index contributed by atoms with van der Waals surface area (Å²) in [6, 6.07) is 8.16. The van der Waals surface area contributed by atoms with Crippen LogP contribution in [0.15, 0.2) is 40.9 Å². The molecule has 4 N–H and O–H groups in total. The van der Waals surface area contributed by atoms with Gasteiger partial charge in [0.2, 0.25) is 0 Å². The summed E-state index contributed by atoms with van der Waals surface area (Å²) in [6.45, 7) is 0. The van der Waals surface area contributed by atoms with E-state index in [1.54, 1.807) is 0 Å². The Morgan fingerprint density at radius 2 is 2.00 bits per heavy atom. The van der Waals surface area contributed by atoms with Gasteiger partial charge in [-0.25, -0.2) is 4.39 Å². The van der Waals surface area contributed by atoms with Gasteiger partial charge in [-0.2, -0.15) is 0 Å². The van der Waals surface area contributed by atoms with E-state index in [1.807, 2.05) is 0 Å². The van der Waals surface area contributed by atoms with E-state index in [4.69, 9.17) is 5.73 Å². The number of rotatable bonds is 2. The number of nitrogens with one attached hydrogen (secondary N) is 1. The van der Waals surface area contributed by atoms with Crippen LogP contribution in [0, 0.1) is 5.82 Å². The van der Waals surface area contributed by atoms with Crippen LogP contribution in [-0.2, 0) is 0 Å². The minimum atomic E-state index is -0.444. The number of halogens is 2. The second-order valence-electron chi connectivity index (χ2n) is 3.85. The summed E-state index contributed by atoms with van der Waals surface area (Å²) < 4.78 is 13.3. The van der Waals surface area contributed by atoms with E-state index in [-0.39, 0.29) is 15.9 Å². The van der Waals surface area contributed by atoms with Crippen LogP contribution in [0.4, 0.5) is 15.8 Å². The van der Waals surface area contributed by atoms with Crippen LogP contribution < -0.4 is 11.1 Å². The van der Waals surface area contributed by atoms with Gasteiger partial charge in [-0.3, -0.25) is 4.79 Å². The van der Waals surface area contributed by atoms with Crippen molar-refractivity contribution in [3.8, 4) is 5.75 Å². The number of carbonyl (C=O) groups is 1. The minimum absolute atomic E-state index is 0.0139. The number of benzene rings is 2. The van der Waals surface area contributed by atoms with Crippen LogP contribution in [0.5, 0.6) is 5.75 Å². The van der Waals surface area contributed by atoms with Crippen LogP contribution >= 0.6 is 15.9 Å². The highest BCUT2D eigenvalue weighted by molar-refractivity contribution is 9.10. The molecular weight excluding hydrogens is 315 g/mol. The summed E-state index contributed by atoms with van der Waals surface area (Å²) in [7, 11) is 0. The lowest BCUT2D eigenvalue weighted by Gasteiger charge is -2.08. The highest BCUT2D eigenvalue weighted by atomic mass is 79.9. The SMILES string of the molecule is Nc1cc(O)ccc1NC(=O)c1ccc(F)c(Br)c1. The molecule has 0 spiro atoms. The Labute approximate surface area is 117 Å². The summed E-state index contributed by atoms with van der Waals surface area (Å²) in [5.41, 5.74) is 6.57. The van der Waals surface area contributed by atoms with E-state index >= 15 is 0 Å². The van der Waals surface area contributed by atoms with Gasteiger partial charge in [-0.15, -0.1) is 0 Å². The molecule has 0 aliphatic rings. The van der Waals surface area contributed by atoms with E-state index in [2.05, 4.69) is 21.2 Å². The van der Waals surface area contributed by atoms with Gasteiger partial charge < -0.3 is 16.2 Å². The molecule has 0 heterocycles. The van der Waals surface area contributed by atoms with Gasteiger partial charge >= 0.3 is 0 Å². The standard InChI is InChI=1S/C13H10BrFN2O2/c14-9-5-7(1-3-10(9)15)13(19)17-12-4-2-8(18)6-11(12)16/h1-6,18H,16H2,(H,17,19). The number of amides is 1. The average molecular weight is 325 g/mol. The van der Waals surface area contributed by atoms with Crippen LogP contribution in [-0.4, -0.2) is 11.0 Å². The van der Waals surface area contributed by atoms with Crippen LogP contribution in [0.25, 0.3) is 0 Å². The van der Waals surface area contributed by atoms with Crippen molar-refractivity contribution in [3.63, 3.8) is 0 Å². The van der Waals surface area contributed by atoms with Crippen LogP contribution in [0.3, 0.4) is 0 Å². The fourth-order valence-corrected chi connectivity index (χ4v) is 1.87. The van der Waals surface area contributed by atoms with Crippen molar-refractivity contribution in [2.45, 2.75) is 0 Å². The molecule has 98 valence electrons. The largest absolute Gasteiger partial charge is 0.508 e. The maximum atomic E-state index is 13.1. The van der Waals surface area contributed by atoms with Gasteiger partial charge in [0.05, 0.1) is 15.8 Å². The van der Waals surface area contributed by atoms with Gasteiger partial charge in [-0.05, 0) is 46.3 Å². The number of anilines is 2. The fourth-order valence-electron chi connectivity index (χ4n) is 1.50. The molecule has 6 heteroatoms. The van der Waals surface area contributed by atoms with Crippen molar-refractivity contribution in [3.05, 3.63) is 52.3 Å². The molecule has 2 aromatic rings. The lowest BCUT2D eigenvalue weighted by atomic mass is 10.2. The molecule has 1 amide bonds. The molecule has 0 unspecified atom stereocenters. The molecule has 4 nitrogen and oxygen atoms in total. The smallest absolute Gasteiger partial charge is 0.255 e. The number of phenols is 1. The number of carbonyl (C=O) groups excluding carboxylic acids is 1. The summed E-state index contributed by atoms with van der Waals surface area (Å²) in [6.07, 6.45) is 0. The quantitative estimate of drug-likeness (QED) is 0.586. The molecule has 19 heavy (non-hydrogen) atoms. The van der Waals surface area contributed by atoms with Crippen molar-refractivity contribution in [1.29, 1.82) is 0 Å². The van der Waals surface area contributed by atoms with Crippen molar-refractivity contribution in [2.24, 2.45) is 0 Å². The minimum Gasteiger partial charge on any atom is -0.508 e. The molecule has 2 aromatic carbocycles. The third kappa shape index (κ3) is 3.03. The van der Waals surface area contributed by atoms with Gasteiger partial charge in [0.25, 0.3) is 5.91 Å². The van der Waals surface area contributed by atoms with Crippen molar-refractivity contribution in [2.75, 3.05) is 11.1 Å². The molecule has 0 saturated heterocycles. The Balaban J connectivity index is 2.23. The van der Waals surface area contributed by atoms with E-state index < -0.39 is 11.7 Å². The Kier molecular flexibility index (Phi) is 3.71. The Hall–Kier alpha value is -2.08. The lowest BCUT2D eigenvalue weighted by molar-refractivity contribution is 0.102. The number of hydrogen-bond acceptors (Lipinski definition) is 3. The number of aromatic hydroxyl groups is 1. The van der Waals surface area contributed by atoms with Crippen LogP contribution in [0.2, 0.25) is 0 Å². The maximum Gasteiger partial charge on any atom is 0.255 e. The molecule has 0 fully saturated rings. The second-order valence-corrected chi connectivity index (χ2v) is 4.71. The molecule has 0 saturated carbocycles. The van der Waals surface area contributed by atoms with E-state index in [9.17, 15) is 14.3 Å². The molecule has 0 aliphatic carbocycles. The number of hydrogen-bond donors (Lipinski definition) is 3. The van der Waals surface area contributed by atoms with E-state index in [0.29, 0.717) is 11.3 Å². The topological polar surface area (TPSA) is 75.3 Å². The molecule has 0 aromatic heterocycles. The summed E-state index contributed by atoms with van der Waals surface area (Å²) >= 11 is 3.01. The zero-order valence-electron chi connectivity index (χ0n) is 9.65. The van der Waals surface area contributed by atoms with Gasteiger partial charge in [0, 0.05) is 11.6 Å². The maximum absolute atomic E-state index is 13.1. The monoisotopic (exact) mass is 324 g/mol. The van der Waals surface area contributed by atoms with Gasteiger partial charge in [0.15, 0.2) is 0 Å². The highest BCUT2D eigenvalue weighted by Crippen LogP contribution is 2.24. The molecular formula is C13H10BrFN2O2. The van der Waals surface area contributed by atoms with Crippen molar-refractivity contribution in [1.82, 2.24) is 0 Å². The van der Waals surface area contributed by atoms with Crippen LogP contribution in [0.1, 0.15) is 10.4 Å². The predicted molar refractivity (Wildman–Crippen MR) is 74.6 cm³/mol. The molecule has 0 radical (unpaired) electrons. The van der Waals surface area contributed by atoms with E-state index in [1.165, 1.54) is 36.4 Å². The first-order chi connectivity index (χ1) is 8.97. The third-order valence-electron chi connectivity index (χ3n) is 2.47. The average Bonchev–Trinajstić information content (AvgIpc) is 2.36. The van der Waals surface area contributed by atoms with Crippen molar-refractivity contribution >= 4 is 33.2 Å². The van der Waals surface area contributed by atoms with Crippen molar-refractivity contribution < 1.29 is 14.3 Å². The molecule has 0 atom stereocenters. The first-order valence-corrected chi connectivity index (χ1v) is 6.11. The summed E-state index contributed by atoms with van der Waals surface area (Å²) in [4.78, 5) is 11.9. The van der Waals surface area contributed by atoms with Gasteiger partial charge in [-0.1, -0.05) is 0 Å². The summed E-state index contributed by atoms with van der Waals surface area (Å²) in [5, 5.41) is 11.8. The highest BCUT2D eigenvalue weighted by Gasteiger charge is 2.10. The zero-order valence-corrected chi connectivity index (χ0v) is 11.2. The summed E-state index contributed by atoms with van der Waals surface area (Å²) in [5.74, 6) is -0.848. The zero-order chi connectivity index (χ0) is 14.0. The fraction of sp³-hybridized carbons (Fsp3) is 0. The normalized spacial score (nSPS) is 10.2. The first kappa shape index (κ1) is 13.4. The molecule has 0 bridgehead atoms. The second kappa shape index (κ2) is 5.27. The van der Waals surface area contributed by atoms with E-state index in [0.717, 1.165) is 0 Å². The number of phenolic OH excluding ortho intramolecular Hbond substituents is 1. The Morgan fingerprint density at radius 1 is 1.26 bits per heavy atom.